The smallest absolute Gasteiger partial charge is 0.340 e. The van der Waals surface area contributed by atoms with E-state index >= 15 is 0 Å². The highest BCUT2D eigenvalue weighted by Crippen LogP contribution is 2.32. The lowest BCUT2D eigenvalue weighted by molar-refractivity contribution is 0.0692. The summed E-state index contributed by atoms with van der Waals surface area (Å²) in [6.45, 7) is 1.93. The summed E-state index contributed by atoms with van der Waals surface area (Å²) in [6, 6.07) is 16.5. The van der Waals surface area contributed by atoms with Crippen LogP contribution in [0.25, 0.3) is 0 Å². The largest absolute Gasteiger partial charge is 0.493 e. The fraction of sp³-hybridized carbons (Fsp3) is 0.120. The lowest BCUT2D eigenvalue weighted by atomic mass is 10.1. The zero-order chi connectivity index (χ0) is 24.7. The maximum absolute atomic E-state index is 12.5. The van der Waals surface area contributed by atoms with Gasteiger partial charge in [0.05, 0.1) is 20.4 Å². The van der Waals surface area contributed by atoms with Crippen molar-refractivity contribution < 1.29 is 29.0 Å². The zero-order valence-electron chi connectivity index (χ0n) is 18.8. The summed E-state index contributed by atoms with van der Waals surface area (Å²) in [7, 11) is 2.73. The van der Waals surface area contributed by atoms with E-state index in [0.717, 1.165) is 5.56 Å². The molecule has 9 heteroatoms. The Morgan fingerprint density at radius 3 is 2.29 bits per heavy atom. The molecule has 0 radical (unpaired) electrons. The van der Waals surface area contributed by atoms with E-state index in [-0.39, 0.29) is 34.1 Å². The van der Waals surface area contributed by atoms with E-state index in [4.69, 9.17) is 9.47 Å². The van der Waals surface area contributed by atoms with Gasteiger partial charge in [-0.15, -0.1) is 0 Å². The highest BCUT2D eigenvalue weighted by atomic mass is 16.5. The Morgan fingerprint density at radius 2 is 1.65 bits per heavy atom. The van der Waals surface area contributed by atoms with Gasteiger partial charge in [-0.1, -0.05) is 23.8 Å². The molecule has 3 aromatic rings. The van der Waals surface area contributed by atoms with Crippen molar-refractivity contribution >= 4 is 29.7 Å². The van der Waals surface area contributed by atoms with Crippen molar-refractivity contribution in [2.24, 2.45) is 5.10 Å². The first-order valence-corrected chi connectivity index (χ1v) is 10.1. The van der Waals surface area contributed by atoms with Gasteiger partial charge in [0, 0.05) is 22.4 Å². The van der Waals surface area contributed by atoms with Gasteiger partial charge in [-0.05, 0) is 49.4 Å². The van der Waals surface area contributed by atoms with Crippen LogP contribution in [0, 0.1) is 6.92 Å². The van der Waals surface area contributed by atoms with Crippen molar-refractivity contribution in [3.05, 3.63) is 88.5 Å². The van der Waals surface area contributed by atoms with Gasteiger partial charge in [-0.3, -0.25) is 9.59 Å². The van der Waals surface area contributed by atoms with E-state index < -0.39 is 11.9 Å². The van der Waals surface area contributed by atoms with Gasteiger partial charge < -0.3 is 19.9 Å². The Balaban J connectivity index is 1.73. The van der Waals surface area contributed by atoms with Gasteiger partial charge in [0.2, 0.25) is 0 Å². The monoisotopic (exact) mass is 461 g/mol. The predicted molar refractivity (Wildman–Crippen MR) is 127 cm³/mol. The molecule has 0 aromatic heterocycles. The summed E-state index contributed by atoms with van der Waals surface area (Å²) in [5.41, 5.74) is 4.64. The molecule has 0 aliphatic heterocycles. The van der Waals surface area contributed by atoms with E-state index in [0.29, 0.717) is 11.3 Å². The molecule has 0 saturated carbocycles. The van der Waals surface area contributed by atoms with Gasteiger partial charge in [-0.2, -0.15) is 5.10 Å². The third kappa shape index (κ3) is 5.57. The van der Waals surface area contributed by atoms with Gasteiger partial charge in [0.15, 0.2) is 11.5 Å². The number of carboxylic acid groups (broad SMARTS) is 1. The van der Waals surface area contributed by atoms with Crippen LogP contribution in [0.5, 0.6) is 11.5 Å². The SMILES string of the molecule is COc1ccc(/C=N/NC(=O)c2cccc(NC(=O)c3ccc(C)cc3)c2)c(C(=O)O)c1OC. The Bertz CT molecular complexity index is 1250. The standard InChI is InChI=1S/C25H23N3O6/c1-15-7-9-16(10-8-15)23(29)27-19-6-4-5-17(13-19)24(30)28-26-14-18-11-12-20(33-2)22(34-3)21(18)25(31)32/h4-14H,1-3H3,(H,27,29)(H,28,30)(H,31,32)/b26-14+. The maximum atomic E-state index is 12.5. The number of hydrogen-bond acceptors (Lipinski definition) is 6. The lowest BCUT2D eigenvalue weighted by Crippen LogP contribution is -2.18. The highest BCUT2D eigenvalue weighted by molar-refractivity contribution is 6.05. The number of nitrogens with one attached hydrogen (secondary N) is 2. The number of nitrogens with zero attached hydrogens (tertiary/aromatic N) is 1. The van der Waals surface area contributed by atoms with Crippen molar-refractivity contribution in [2.45, 2.75) is 6.92 Å². The first kappa shape index (κ1) is 24.0. The molecule has 0 atom stereocenters. The molecular formula is C25H23N3O6. The molecule has 0 spiro atoms. The molecule has 0 aliphatic rings. The number of amides is 2. The second kappa shape index (κ2) is 10.8. The van der Waals surface area contributed by atoms with Crippen LogP contribution in [-0.4, -0.2) is 43.3 Å². The molecule has 34 heavy (non-hydrogen) atoms. The third-order valence-corrected chi connectivity index (χ3v) is 4.86. The zero-order valence-corrected chi connectivity index (χ0v) is 18.8. The second-order valence-electron chi connectivity index (χ2n) is 7.17. The Kier molecular flexibility index (Phi) is 7.60. The molecule has 3 rings (SSSR count). The molecule has 9 nitrogen and oxygen atoms in total. The normalized spacial score (nSPS) is 10.6. The van der Waals surface area contributed by atoms with Crippen molar-refractivity contribution in [1.82, 2.24) is 5.43 Å². The Labute approximate surface area is 196 Å². The topological polar surface area (TPSA) is 126 Å². The minimum atomic E-state index is -1.24. The minimum Gasteiger partial charge on any atom is -0.493 e. The van der Waals surface area contributed by atoms with Crippen LogP contribution in [0.4, 0.5) is 5.69 Å². The van der Waals surface area contributed by atoms with Gasteiger partial charge in [0.1, 0.15) is 5.56 Å². The van der Waals surface area contributed by atoms with E-state index in [9.17, 15) is 19.5 Å². The first-order chi connectivity index (χ1) is 16.3. The first-order valence-electron chi connectivity index (χ1n) is 10.1. The fourth-order valence-electron chi connectivity index (χ4n) is 3.14. The third-order valence-electron chi connectivity index (χ3n) is 4.86. The van der Waals surface area contributed by atoms with Gasteiger partial charge in [0.25, 0.3) is 11.8 Å². The summed E-state index contributed by atoms with van der Waals surface area (Å²) >= 11 is 0. The molecule has 3 N–H and O–H groups in total. The molecule has 2 amide bonds. The second-order valence-corrected chi connectivity index (χ2v) is 7.17. The molecule has 3 aromatic carbocycles. The van der Waals surface area contributed by atoms with Crippen LogP contribution < -0.4 is 20.2 Å². The number of carboxylic acids is 1. The summed E-state index contributed by atoms with van der Waals surface area (Å²) in [5.74, 6) is -1.78. The van der Waals surface area contributed by atoms with E-state index in [1.165, 1.54) is 38.6 Å². The van der Waals surface area contributed by atoms with Crippen LogP contribution in [0.2, 0.25) is 0 Å². The number of ether oxygens (including phenoxy) is 2. The summed E-state index contributed by atoms with van der Waals surface area (Å²) in [5, 5.41) is 16.2. The average molecular weight is 461 g/mol. The molecule has 0 bridgehead atoms. The highest BCUT2D eigenvalue weighted by Gasteiger charge is 2.20. The van der Waals surface area contributed by atoms with Crippen LogP contribution in [0.3, 0.4) is 0 Å². The number of benzene rings is 3. The number of rotatable bonds is 8. The van der Waals surface area contributed by atoms with E-state index in [1.807, 2.05) is 19.1 Å². The summed E-state index contributed by atoms with van der Waals surface area (Å²) in [6.07, 6.45) is 1.20. The number of carbonyl (C=O) groups excluding carboxylic acids is 2. The lowest BCUT2D eigenvalue weighted by Gasteiger charge is -2.12. The quantitative estimate of drug-likeness (QED) is 0.347. The Hall–Kier alpha value is -4.66. The number of carbonyl (C=O) groups is 3. The van der Waals surface area contributed by atoms with Crippen LogP contribution in [0.1, 0.15) is 42.2 Å². The summed E-state index contributed by atoms with van der Waals surface area (Å²) in [4.78, 5) is 36.7. The number of methoxy groups -OCH3 is 2. The number of hydrazone groups is 1. The van der Waals surface area contributed by atoms with Gasteiger partial charge >= 0.3 is 5.97 Å². The number of aromatic carboxylic acids is 1. The number of anilines is 1. The van der Waals surface area contributed by atoms with E-state index in [2.05, 4.69) is 15.8 Å². The molecule has 0 aliphatic carbocycles. The van der Waals surface area contributed by atoms with Crippen molar-refractivity contribution in [3.63, 3.8) is 0 Å². The van der Waals surface area contributed by atoms with Crippen molar-refractivity contribution in [1.29, 1.82) is 0 Å². The number of aryl methyl sites for hydroxylation is 1. The van der Waals surface area contributed by atoms with Crippen LogP contribution in [-0.2, 0) is 0 Å². The van der Waals surface area contributed by atoms with Crippen molar-refractivity contribution in [3.8, 4) is 11.5 Å². The molecule has 174 valence electrons. The maximum Gasteiger partial charge on any atom is 0.340 e. The molecular weight excluding hydrogens is 438 g/mol. The van der Waals surface area contributed by atoms with Gasteiger partial charge in [-0.25, -0.2) is 10.2 Å². The fourth-order valence-corrected chi connectivity index (χ4v) is 3.14. The minimum absolute atomic E-state index is 0.0438. The Morgan fingerprint density at radius 1 is 0.912 bits per heavy atom. The molecule has 0 unspecified atom stereocenters. The summed E-state index contributed by atoms with van der Waals surface area (Å²) < 4.78 is 10.3. The van der Waals surface area contributed by atoms with Crippen LogP contribution >= 0.6 is 0 Å². The predicted octanol–water partition coefficient (Wildman–Crippen LogP) is 3.73. The average Bonchev–Trinajstić information content (AvgIpc) is 2.83. The number of hydrogen-bond donors (Lipinski definition) is 3. The molecule has 0 saturated heterocycles. The van der Waals surface area contributed by atoms with Crippen molar-refractivity contribution in [2.75, 3.05) is 19.5 Å². The molecule has 0 fully saturated rings. The van der Waals surface area contributed by atoms with E-state index in [1.54, 1.807) is 30.3 Å². The molecule has 0 heterocycles. The van der Waals surface area contributed by atoms with Crippen LogP contribution in [0.15, 0.2) is 65.8 Å².